The molecular weight excluding hydrogens is 248 g/mol. The van der Waals surface area contributed by atoms with E-state index in [1.165, 1.54) is 6.07 Å². The number of rotatable bonds is 6. The molecule has 0 saturated heterocycles. The van der Waals surface area contributed by atoms with E-state index in [9.17, 15) is 14.7 Å². The van der Waals surface area contributed by atoms with Crippen LogP contribution in [0.15, 0.2) is 18.2 Å². The highest BCUT2D eigenvalue weighted by molar-refractivity contribution is 6.03. The molecule has 0 aliphatic heterocycles. The molecule has 1 fully saturated rings. The van der Waals surface area contributed by atoms with Crippen LogP contribution in [0.1, 0.15) is 30.1 Å². The van der Waals surface area contributed by atoms with Crippen molar-refractivity contribution in [2.75, 3.05) is 13.2 Å². The van der Waals surface area contributed by atoms with Crippen LogP contribution in [0.5, 0.6) is 11.5 Å². The maximum Gasteiger partial charge on any atom is 0.344 e. The van der Waals surface area contributed by atoms with Gasteiger partial charge in [0.05, 0.1) is 6.61 Å². The largest absolute Gasteiger partial charge is 0.507 e. The molecule has 102 valence electrons. The summed E-state index contributed by atoms with van der Waals surface area (Å²) in [4.78, 5) is 23.3. The van der Waals surface area contributed by atoms with Gasteiger partial charge in [-0.05, 0) is 31.9 Å². The summed E-state index contributed by atoms with van der Waals surface area (Å²) < 4.78 is 10.0. The minimum Gasteiger partial charge on any atom is -0.507 e. The summed E-state index contributed by atoms with van der Waals surface area (Å²) in [5.41, 5.74) is 0.161. The Kier molecular flexibility index (Phi) is 4.04. The molecule has 0 atom stereocenters. The first kappa shape index (κ1) is 13.4. The lowest BCUT2D eigenvalue weighted by Crippen LogP contribution is -2.16. The number of esters is 1. The molecule has 2 rings (SSSR count). The van der Waals surface area contributed by atoms with Gasteiger partial charge in [-0.3, -0.25) is 4.79 Å². The van der Waals surface area contributed by atoms with E-state index in [0.717, 1.165) is 12.8 Å². The lowest BCUT2D eigenvalue weighted by molar-refractivity contribution is -0.145. The van der Waals surface area contributed by atoms with E-state index in [0.29, 0.717) is 0 Å². The number of ether oxygens (including phenoxy) is 2. The van der Waals surface area contributed by atoms with E-state index < -0.39 is 5.97 Å². The normalized spacial score (nSPS) is 13.9. The van der Waals surface area contributed by atoms with Crippen LogP contribution in [0.25, 0.3) is 0 Å². The Balaban J connectivity index is 2.13. The first-order valence-electron chi connectivity index (χ1n) is 6.28. The number of Topliss-reactive ketones (excluding diaryl/α,β-unsaturated/α-hetero) is 1. The first-order valence-corrected chi connectivity index (χ1v) is 6.28. The number of benzene rings is 1. The van der Waals surface area contributed by atoms with Crippen LogP contribution in [0.3, 0.4) is 0 Å². The molecule has 0 spiro atoms. The van der Waals surface area contributed by atoms with Crippen molar-refractivity contribution in [1.29, 1.82) is 0 Å². The van der Waals surface area contributed by atoms with Crippen LogP contribution in [0.2, 0.25) is 0 Å². The maximum atomic E-state index is 12.1. The third-order valence-electron chi connectivity index (χ3n) is 2.85. The number of hydrogen-bond donors (Lipinski definition) is 1. The van der Waals surface area contributed by atoms with Gasteiger partial charge in [-0.25, -0.2) is 4.79 Å². The van der Waals surface area contributed by atoms with Gasteiger partial charge in [0, 0.05) is 5.92 Å². The second kappa shape index (κ2) is 5.73. The third-order valence-corrected chi connectivity index (χ3v) is 2.85. The fourth-order valence-corrected chi connectivity index (χ4v) is 1.78. The molecule has 1 saturated carbocycles. The molecule has 1 aliphatic carbocycles. The van der Waals surface area contributed by atoms with Crippen molar-refractivity contribution in [3.8, 4) is 11.5 Å². The van der Waals surface area contributed by atoms with Gasteiger partial charge in [0.1, 0.15) is 17.1 Å². The summed E-state index contributed by atoms with van der Waals surface area (Å²) >= 11 is 0. The average Bonchev–Trinajstić information content (AvgIpc) is 3.20. The van der Waals surface area contributed by atoms with Gasteiger partial charge < -0.3 is 14.6 Å². The quantitative estimate of drug-likeness (QED) is 0.627. The molecule has 19 heavy (non-hydrogen) atoms. The molecule has 5 nitrogen and oxygen atoms in total. The van der Waals surface area contributed by atoms with Crippen LogP contribution in [0.4, 0.5) is 0 Å². The molecule has 0 aromatic heterocycles. The number of carbonyl (C=O) groups is 2. The van der Waals surface area contributed by atoms with Crippen LogP contribution in [-0.4, -0.2) is 30.1 Å². The van der Waals surface area contributed by atoms with E-state index in [2.05, 4.69) is 0 Å². The fourth-order valence-electron chi connectivity index (χ4n) is 1.78. The van der Waals surface area contributed by atoms with E-state index in [1.807, 2.05) is 0 Å². The molecule has 0 radical (unpaired) electrons. The molecule has 1 aromatic rings. The highest BCUT2D eigenvalue weighted by atomic mass is 16.6. The minimum atomic E-state index is -0.504. The maximum absolute atomic E-state index is 12.1. The van der Waals surface area contributed by atoms with Crippen molar-refractivity contribution in [3.05, 3.63) is 23.8 Å². The van der Waals surface area contributed by atoms with Crippen LogP contribution >= 0.6 is 0 Å². The van der Waals surface area contributed by atoms with Crippen molar-refractivity contribution in [1.82, 2.24) is 0 Å². The zero-order chi connectivity index (χ0) is 13.8. The molecule has 1 aliphatic rings. The zero-order valence-corrected chi connectivity index (χ0v) is 10.7. The lowest BCUT2D eigenvalue weighted by atomic mass is 10.0. The summed E-state index contributed by atoms with van der Waals surface area (Å²) in [7, 11) is 0. The molecule has 1 aromatic carbocycles. The van der Waals surface area contributed by atoms with Gasteiger partial charge in [0.2, 0.25) is 0 Å². The van der Waals surface area contributed by atoms with Gasteiger partial charge in [-0.1, -0.05) is 6.07 Å². The van der Waals surface area contributed by atoms with Gasteiger partial charge in [0.25, 0.3) is 0 Å². The second-order valence-electron chi connectivity index (χ2n) is 4.38. The summed E-state index contributed by atoms with van der Waals surface area (Å²) in [6.45, 7) is 1.70. The van der Waals surface area contributed by atoms with Crippen LogP contribution in [-0.2, 0) is 9.53 Å². The van der Waals surface area contributed by atoms with Gasteiger partial charge >= 0.3 is 5.97 Å². The van der Waals surface area contributed by atoms with E-state index in [4.69, 9.17) is 9.47 Å². The molecule has 1 N–H and O–H groups in total. The fraction of sp³-hybridized carbons (Fsp3) is 0.429. The Morgan fingerprint density at radius 2 is 2.11 bits per heavy atom. The van der Waals surface area contributed by atoms with Crippen LogP contribution < -0.4 is 4.74 Å². The number of ketones is 1. The van der Waals surface area contributed by atoms with Crippen molar-refractivity contribution in [2.24, 2.45) is 5.92 Å². The Morgan fingerprint density at radius 3 is 2.74 bits per heavy atom. The lowest BCUT2D eigenvalue weighted by Gasteiger charge is -2.11. The summed E-state index contributed by atoms with van der Waals surface area (Å²) in [6, 6.07) is 4.57. The average molecular weight is 264 g/mol. The highest BCUT2D eigenvalue weighted by Crippen LogP contribution is 2.38. The Hall–Kier alpha value is -2.04. The smallest absolute Gasteiger partial charge is 0.344 e. The van der Waals surface area contributed by atoms with Crippen molar-refractivity contribution < 1.29 is 24.2 Å². The number of aromatic hydroxyl groups is 1. The van der Waals surface area contributed by atoms with E-state index in [1.54, 1.807) is 19.1 Å². The molecule has 0 amide bonds. The number of phenolic OH excluding ortho intramolecular Hbond substituents is 1. The summed E-state index contributed by atoms with van der Waals surface area (Å²) in [5, 5.41) is 9.79. The van der Waals surface area contributed by atoms with Gasteiger partial charge in [0.15, 0.2) is 12.4 Å². The van der Waals surface area contributed by atoms with Gasteiger partial charge in [-0.2, -0.15) is 0 Å². The first-order chi connectivity index (χ1) is 9.13. The SMILES string of the molecule is CCOC(=O)COc1cccc(O)c1C(=O)C1CC1. The number of carbonyl (C=O) groups excluding carboxylic acids is 2. The van der Waals surface area contributed by atoms with E-state index in [-0.39, 0.29) is 42.0 Å². The Bertz CT molecular complexity index is 491. The van der Waals surface area contributed by atoms with Crippen molar-refractivity contribution >= 4 is 11.8 Å². The molecule has 0 heterocycles. The predicted octanol–water partition coefficient (Wildman–Crippen LogP) is 1.93. The monoisotopic (exact) mass is 264 g/mol. The highest BCUT2D eigenvalue weighted by Gasteiger charge is 2.33. The van der Waals surface area contributed by atoms with E-state index >= 15 is 0 Å². The number of hydrogen-bond acceptors (Lipinski definition) is 5. The molecular formula is C14H16O5. The predicted molar refractivity (Wildman–Crippen MR) is 67.3 cm³/mol. The zero-order valence-electron chi connectivity index (χ0n) is 10.7. The Morgan fingerprint density at radius 1 is 1.37 bits per heavy atom. The molecule has 5 heteroatoms. The topological polar surface area (TPSA) is 72.8 Å². The van der Waals surface area contributed by atoms with Gasteiger partial charge in [-0.15, -0.1) is 0 Å². The summed E-state index contributed by atoms with van der Waals surface area (Å²) in [6.07, 6.45) is 1.68. The summed E-state index contributed by atoms with van der Waals surface area (Å²) in [5.74, 6) is -0.547. The van der Waals surface area contributed by atoms with Crippen LogP contribution in [0, 0.1) is 5.92 Å². The third kappa shape index (κ3) is 3.24. The standard InChI is InChI=1S/C14H16O5/c1-2-18-12(16)8-19-11-5-3-4-10(15)13(11)14(17)9-6-7-9/h3-5,9,15H,2,6-8H2,1H3. The van der Waals surface area contributed by atoms with Crippen molar-refractivity contribution in [2.45, 2.75) is 19.8 Å². The molecule has 0 unspecified atom stereocenters. The Labute approximate surface area is 111 Å². The second-order valence-corrected chi connectivity index (χ2v) is 4.38. The van der Waals surface area contributed by atoms with Crippen molar-refractivity contribution in [3.63, 3.8) is 0 Å². The number of phenols is 1. The molecule has 0 bridgehead atoms. The minimum absolute atomic E-state index is 0.0294.